The van der Waals surface area contributed by atoms with Crippen molar-refractivity contribution in [2.75, 3.05) is 20.1 Å². The molecule has 0 radical (unpaired) electrons. The van der Waals surface area contributed by atoms with Gasteiger partial charge in [-0.2, -0.15) is 0 Å². The lowest BCUT2D eigenvalue weighted by Crippen LogP contribution is -2.51. The number of benzene rings is 1. The number of amides is 2. The number of nitrogens with two attached hydrogens (primary N) is 1. The van der Waals surface area contributed by atoms with Crippen molar-refractivity contribution in [3.8, 4) is 11.1 Å². The minimum absolute atomic E-state index is 0.0307. The summed E-state index contributed by atoms with van der Waals surface area (Å²) in [6.45, 7) is 3.37. The molecule has 0 spiro atoms. The molecule has 27 heavy (non-hydrogen) atoms. The molecule has 2 heterocycles. The van der Waals surface area contributed by atoms with Gasteiger partial charge in [-0.3, -0.25) is 14.6 Å². The van der Waals surface area contributed by atoms with Gasteiger partial charge in [-0.25, -0.2) is 0 Å². The van der Waals surface area contributed by atoms with Crippen LogP contribution in [-0.4, -0.2) is 41.8 Å². The third-order valence-electron chi connectivity index (χ3n) is 5.24. The molecule has 1 aromatic carbocycles. The molecule has 2 aromatic rings. The monoisotopic (exact) mass is 366 g/mol. The van der Waals surface area contributed by atoms with Crippen LogP contribution in [0.1, 0.15) is 35.8 Å². The van der Waals surface area contributed by atoms with Crippen LogP contribution in [0.25, 0.3) is 11.1 Å². The zero-order chi connectivity index (χ0) is 19.4. The van der Waals surface area contributed by atoms with Gasteiger partial charge >= 0.3 is 0 Å². The lowest BCUT2D eigenvalue weighted by atomic mass is 9.81. The number of hydrogen-bond donors (Lipinski definition) is 2. The maximum atomic E-state index is 13.3. The lowest BCUT2D eigenvalue weighted by Gasteiger charge is -2.39. The van der Waals surface area contributed by atoms with Crippen molar-refractivity contribution in [3.63, 3.8) is 0 Å². The Bertz CT molecular complexity index is 852. The van der Waals surface area contributed by atoms with Gasteiger partial charge in [0.15, 0.2) is 0 Å². The van der Waals surface area contributed by atoms with Crippen LogP contribution in [0.15, 0.2) is 42.6 Å². The minimum Gasteiger partial charge on any atom is -0.359 e. The molecule has 0 bridgehead atoms. The van der Waals surface area contributed by atoms with Gasteiger partial charge in [-0.15, -0.1) is 0 Å². The molecule has 1 atom stereocenters. The van der Waals surface area contributed by atoms with Gasteiger partial charge in [0.2, 0.25) is 5.91 Å². The number of likely N-dealkylation sites (tertiary alicyclic amines) is 1. The molecule has 1 aromatic heterocycles. The molecule has 142 valence electrons. The summed E-state index contributed by atoms with van der Waals surface area (Å²) >= 11 is 0. The van der Waals surface area contributed by atoms with Crippen molar-refractivity contribution in [1.82, 2.24) is 15.2 Å². The summed E-state index contributed by atoms with van der Waals surface area (Å²) in [7, 11) is 1.63. The first-order valence-corrected chi connectivity index (χ1v) is 9.24. The second-order valence-electron chi connectivity index (χ2n) is 7.27. The van der Waals surface area contributed by atoms with E-state index in [1.165, 1.54) is 0 Å². The Morgan fingerprint density at radius 3 is 2.85 bits per heavy atom. The summed E-state index contributed by atoms with van der Waals surface area (Å²) in [6.07, 6.45) is 3.19. The fourth-order valence-electron chi connectivity index (χ4n) is 3.72. The van der Waals surface area contributed by atoms with Crippen molar-refractivity contribution >= 4 is 11.8 Å². The second kappa shape index (κ2) is 7.88. The Morgan fingerprint density at radius 2 is 2.11 bits per heavy atom. The van der Waals surface area contributed by atoms with E-state index in [-0.39, 0.29) is 11.8 Å². The van der Waals surface area contributed by atoms with E-state index in [4.69, 9.17) is 5.73 Å². The molecule has 2 amide bonds. The van der Waals surface area contributed by atoms with Gasteiger partial charge in [-0.1, -0.05) is 24.3 Å². The van der Waals surface area contributed by atoms with E-state index in [2.05, 4.69) is 10.3 Å². The van der Waals surface area contributed by atoms with E-state index in [1.807, 2.05) is 43.3 Å². The molecule has 0 saturated carbocycles. The summed E-state index contributed by atoms with van der Waals surface area (Å²) in [6, 6.07) is 11.6. The van der Waals surface area contributed by atoms with Crippen molar-refractivity contribution < 1.29 is 9.59 Å². The highest BCUT2D eigenvalue weighted by Gasteiger charge is 2.39. The fraction of sp³-hybridized carbons (Fsp3) is 0.381. The number of nitrogens with one attached hydrogen (secondary N) is 1. The number of carbonyl (C=O) groups excluding carboxylic acids is 2. The highest BCUT2D eigenvalue weighted by atomic mass is 16.2. The van der Waals surface area contributed by atoms with E-state index in [1.54, 1.807) is 18.1 Å². The molecule has 0 unspecified atom stereocenters. The molecule has 6 heteroatoms. The zero-order valence-electron chi connectivity index (χ0n) is 15.9. The quantitative estimate of drug-likeness (QED) is 0.868. The molecule has 6 nitrogen and oxygen atoms in total. The van der Waals surface area contributed by atoms with Crippen LogP contribution in [0.2, 0.25) is 0 Å². The third kappa shape index (κ3) is 3.85. The molecule has 1 saturated heterocycles. The Balaban J connectivity index is 1.93. The lowest BCUT2D eigenvalue weighted by molar-refractivity contribution is -0.132. The normalized spacial score (nSPS) is 19.6. The number of carbonyl (C=O) groups is 2. The maximum Gasteiger partial charge on any atom is 0.273 e. The average molecular weight is 366 g/mol. The van der Waals surface area contributed by atoms with Gasteiger partial charge in [0, 0.05) is 38.4 Å². The van der Waals surface area contributed by atoms with Crippen LogP contribution in [0.5, 0.6) is 0 Å². The molecule has 1 fully saturated rings. The van der Waals surface area contributed by atoms with Crippen LogP contribution in [-0.2, 0) is 11.3 Å². The van der Waals surface area contributed by atoms with Crippen molar-refractivity contribution in [2.24, 2.45) is 11.1 Å². The van der Waals surface area contributed by atoms with Gasteiger partial charge in [0.1, 0.15) is 5.69 Å². The predicted molar refractivity (Wildman–Crippen MR) is 105 cm³/mol. The number of piperidine rings is 1. The minimum atomic E-state index is -0.572. The third-order valence-corrected chi connectivity index (χ3v) is 5.24. The first kappa shape index (κ1) is 19.0. The van der Waals surface area contributed by atoms with Crippen LogP contribution in [0, 0.1) is 5.41 Å². The molecule has 3 N–H and O–H groups in total. The fourth-order valence-corrected chi connectivity index (χ4v) is 3.72. The molecule has 0 aliphatic carbocycles. The molecular formula is C21H26N4O2. The van der Waals surface area contributed by atoms with Gasteiger partial charge in [0.05, 0.1) is 5.41 Å². The highest BCUT2D eigenvalue weighted by molar-refractivity contribution is 5.99. The van der Waals surface area contributed by atoms with Gasteiger partial charge < -0.3 is 16.0 Å². The van der Waals surface area contributed by atoms with Crippen LogP contribution in [0.4, 0.5) is 0 Å². The first-order valence-electron chi connectivity index (χ1n) is 9.24. The number of nitrogens with zero attached hydrogens (tertiary/aromatic N) is 2. The largest absolute Gasteiger partial charge is 0.359 e. The van der Waals surface area contributed by atoms with Crippen molar-refractivity contribution in [2.45, 2.75) is 26.3 Å². The summed E-state index contributed by atoms with van der Waals surface area (Å²) in [5.41, 5.74) is 8.29. The molecule has 3 rings (SSSR count). The van der Waals surface area contributed by atoms with Crippen LogP contribution >= 0.6 is 0 Å². The molecular weight excluding hydrogens is 340 g/mol. The van der Waals surface area contributed by atoms with Crippen LogP contribution < -0.4 is 11.1 Å². The standard InChI is InChI=1S/C21H26N4O2/c1-21(20(27)23-2)9-5-11-25(14-21)19(26)18-17(8-4-10-24-18)16-7-3-6-15(12-16)13-22/h3-4,6-8,10,12H,5,9,11,13-14,22H2,1-2H3,(H,23,27)/t21-/m0/s1. The number of pyridine rings is 1. The number of rotatable bonds is 4. The van der Waals surface area contributed by atoms with E-state index < -0.39 is 5.41 Å². The maximum absolute atomic E-state index is 13.3. The van der Waals surface area contributed by atoms with Crippen molar-refractivity contribution in [1.29, 1.82) is 0 Å². The predicted octanol–water partition coefficient (Wildman–Crippen LogP) is 2.20. The van der Waals surface area contributed by atoms with E-state index >= 15 is 0 Å². The van der Waals surface area contributed by atoms with Crippen LogP contribution in [0.3, 0.4) is 0 Å². The SMILES string of the molecule is CNC(=O)[C@@]1(C)CCCN(C(=O)c2ncccc2-c2cccc(CN)c2)C1. The molecule has 1 aliphatic rings. The van der Waals surface area contributed by atoms with E-state index in [0.717, 1.165) is 29.5 Å². The summed E-state index contributed by atoms with van der Waals surface area (Å²) in [5.74, 6) is -0.171. The molecule has 1 aliphatic heterocycles. The summed E-state index contributed by atoms with van der Waals surface area (Å²) < 4.78 is 0. The summed E-state index contributed by atoms with van der Waals surface area (Å²) in [4.78, 5) is 31.7. The highest BCUT2D eigenvalue weighted by Crippen LogP contribution is 2.31. The Kier molecular flexibility index (Phi) is 5.56. The average Bonchev–Trinajstić information content (AvgIpc) is 2.72. The van der Waals surface area contributed by atoms with Gasteiger partial charge in [-0.05, 0) is 43.0 Å². The second-order valence-corrected chi connectivity index (χ2v) is 7.27. The van der Waals surface area contributed by atoms with E-state index in [9.17, 15) is 9.59 Å². The Hall–Kier alpha value is -2.73. The Labute approximate surface area is 159 Å². The Morgan fingerprint density at radius 1 is 1.30 bits per heavy atom. The first-order chi connectivity index (χ1) is 13.0. The van der Waals surface area contributed by atoms with E-state index in [0.29, 0.717) is 25.3 Å². The topological polar surface area (TPSA) is 88.3 Å². The summed E-state index contributed by atoms with van der Waals surface area (Å²) in [5, 5.41) is 2.72. The zero-order valence-corrected chi connectivity index (χ0v) is 15.9. The van der Waals surface area contributed by atoms with Crippen molar-refractivity contribution in [3.05, 3.63) is 53.9 Å². The number of aromatic nitrogens is 1. The smallest absolute Gasteiger partial charge is 0.273 e. The van der Waals surface area contributed by atoms with Gasteiger partial charge in [0.25, 0.3) is 5.91 Å². The number of hydrogen-bond acceptors (Lipinski definition) is 4.